The summed E-state index contributed by atoms with van der Waals surface area (Å²) in [5.74, 6) is 0.361. The van der Waals surface area contributed by atoms with Crippen LogP contribution in [0.25, 0.3) is 187 Å². The maximum atomic E-state index is 6.05. The first kappa shape index (κ1) is 61.4. The predicted octanol–water partition coefficient (Wildman–Crippen LogP) is 27.5. The summed E-state index contributed by atoms with van der Waals surface area (Å²) < 4.78 is 0. The largest absolute Gasteiger partial charge is 0.247 e. The minimum Gasteiger partial charge on any atom is -0.247 e. The third kappa shape index (κ3) is 9.14. The Kier molecular flexibility index (Phi) is 13.3. The highest BCUT2D eigenvalue weighted by molar-refractivity contribution is 6.14. The molecule has 0 fully saturated rings. The van der Waals surface area contributed by atoms with Crippen LogP contribution in [-0.2, 0) is 0 Å². The van der Waals surface area contributed by atoms with E-state index in [0.717, 1.165) is 102 Å². The zero-order valence-electron chi connectivity index (χ0n) is 60.0. The van der Waals surface area contributed by atoms with Gasteiger partial charge in [0, 0.05) is 78.2 Å². The first-order chi connectivity index (χ1) is 54.5. The number of rotatable bonds is 9. The zero-order chi connectivity index (χ0) is 71.8. The molecule has 0 spiro atoms. The smallest absolute Gasteiger partial charge is 0.0791 e. The molecular weight excluding hydrogens is 1330 g/mol. The Morgan fingerprint density at radius 1 is 0.173 bits per heavy atom. The third-order valence-electron chi connectivity index (χ3n) is 25.1. The van der Waals surface area contributed by atoms with Crippen LogP contribution in [0, 0.1) is 0 Å². The maximum absolute atomic E-state index is 6.05. The summed E-state index contributed by atoms with van der Waals surface area (Å²) in [6.45, 7) is 0. The number of benzene rings is 16. The van der Waals surface area contributed by atoms with Gasteiger partial charge in [0.15, 0.2) is 0 Å². The fourth-order valence-electron chi connectivity index (χ4n) is 20.5. The van der Waals surface area contributed by atoms with Crippen molar-refractivity contribution in [3.8, 4) is 101 Å². The van der Waals surface area contributed by atoms with E-state index in [4.69, 9.17) is 19.9 Å². The van der Waals surface area contributed by atoms with Gasteiger partial charge in [-0.1, -0.05) is 297 Å². The number of para-hydroxylation sites is 2. The Morgan fingerprint density at radius 2 is 0.491 bits per heavy atom. The average molecular weight is 1400 g/mol. The van der Waals surface area contributed by atoms with Gasteiger partial charge in [-0.3, -0.25) is 0 Å². The number of pyridine rings is 4. The molecule has 4 atom stereocenters. The number of aromatic nitrogens is 4. The van der Waals surface area contributed by atoms with Crippen LogP contribution in [0.5, 0.6) is 0 Å². The Labute approximate surface area is 636 Å². The summed E-state index contributed by atoms with van der Waals surface area (Å²) in [6.07, 6.45) is 1.91. The summed E-state index contributed by atoms with van der Waals surface area (Å²) >= 11 is 0. The predicted molar refractivity (Wildman–Crippen MR) is 456 cm³/mol. The van der Waals surface area contributed by atoms with E-state index >= 15 is 0 Å². The fraction of sp³-hybridized carbons (Fsp3) is 0.0566. The van der Waals surface area contributed by atoms with Crippen molar-refractivity contribution in [2.45, 2.75) is 36.5 Å². The standard InChI is InChI=1S/C106H66N4/c1-4-24-61(25-5-1)69-53-70(62-26-6-2-7-27-62)56-73(55-69)101-97-87-59-88(93(97)83-41-18-20-44-91(83)107-101)98-94(87)84-42-19-21-45-92(84)108-102(98)74-57-71(63-28-8-3-9-29-63)54-72(58-74)67-34-22-35-68(52-67)76-50-51-82(80-40-17-16-39-79(76)80)106-100-90-60-89(96(100)86-49-47-66-32-12-15-38-78(66)104(86)110-106)99-95(90)85-48-46-65-31-11-14-37-77(65)103(85)109-105(99)81-43-23-33-64-30-10-13-36-75(64)81/h1-58,87-90H,59-60H2. The van der Waals surface area contributed by atoms with Crippen molar-refractivity contribution in [1.29, 1.82) is 0 Å². The Hall–Kier alpha value is -13.8. The first-order valence-electron chi connectivity index (χ1n) is 38.7. The lowest BCUT2D eigenvalue weighted by molar-refractivity contribution is 0.799. The van der Waals surface area contributed by atoms with E-state index in [1.54, 1.807) is 0 Å². The number of fused-ring (bicyclic) bond motifs is 30. The van der Waals surface area contributed by atoms with Gasteiger partial charge in [-0.15, -0.1) is 0 Å². The first-order valence-corrected chi connectivity index (χ1v) is 38.7. The van der Waals surface area contributed by atoms with Crippen LogP contribution in [-0.4, -0.2) is 19.9 Å². The quantitative estimate of drug-likeness (QED) is 0.135. The van der Waals surface area contributed by atoms with Gasteiger partial charge in [0.1, 0.15) is 0 Å². The normalized spacial score (nSPS) is 15.7. The van der Waals surface area contributed by atoms with Gasteiger partial charge in [0.2, 0.25) is 0 Å². The second-order valence-electron chi connectivity index (χ2n) is 30.7. The van der Waals surface area contributed by atoms with E-state index in [1.807, 2.05) is 0 Å². The molecule has 110 heavy (non-hydrogen) atoms. The molecule has 4 bridgehead atoms. The lowest BCUT2D eigenvalue weighted by Gasteiger charge is -2.28. The third-order valence-corrected chi connectivity index (χ3v) is 25.1. The SMILES string of the molecule is c1ccc(-c2cc(-c3ccccc3)cc(-c3nc4ccccc4c4c3C3CC4c4c(-c5cc(-c6ccccc6)cc(-c6cccc(-c7ccc(-c8nc9c(ccc%10ccccc%109)c9c8C8CC9c9c(-c%10cccc%11ccccc%10%11)nc%10c(ccc%11ccccc%11%10)c98)c8ccccc78)c6)c5)nc5ccccc5c43)c2)cc1. The molecule has 0 saturated carbocycles. The number of hydrogen-bond donors (Lipinski definition) is 0. The van der Waals surface area contributed by atoms with Crippen molar-refractivity contribution in [3.63, 3.8) is 0 Å². The van der Waals surface area contributed by atoms with Gasteiger partial charge >= 0.3 is 0 Å². The van der Waals surface area contributed by atoms with Gasteiger partial charge in [0.05, 0.1) is 44.8 Å². The van der Waals surface area contributed by atoms with Crippen LogP contribution in [0.1, 0.15) is 81.0 Å². The molecule has 0 saturated heterocycles. The van der Waals surface area contributed by atoms with Crippen LogP contribution >= 0.6 is 0 Å². The molecule has 16 aromatic carbocycles. The van der Waals surface area contributed by atoms with Crippen molar-refractivity contribution in [3.05, 3.63) is 396 Å². The van der Waals surface area contributed by atoms with Gasteiger partial charge in [-0.05, 0) is 200 Å². The molecule has 0 amide bonds. The highest BCUT2D eigenvalue weighted by atomic mass is 14.8. The zero-order valence-corrected chi connectivity index (χ0v) is 60.0. The summed E-state index contributed by atoms with van der Waals surface area (Å²) in [6, 6.07) is 130. The average Bonchev–Trinajstić information content (AvgIpc) is 1.50. The molecule has 0 aliphatic heterocycles. The number of hydrogen-bond acceptors (Lipinski definition) is 4. The minimum atomic E-state index is 0.0836. The number of nitrogens with zero attached hydrogens (tertiary/aromatic N) is 4. The van der Waals surface area contributed by atoms with Gasteiger partial charge in [-0.2, -0.15) is 0 Å². The molecule has 4 unspecified atom stereocenters. The van der Waals surface area contributed by atoms with Crippen molar-refractivity contribution < 1.29 is 0 Å². The van der Waals surface area contributed by atoms with E-state index in [9.17, 15) is 0 Å². The second-order valence-corrected chi connectivity index (χ2v) is 30.7. The van der Waals surface area contributed by atoms with E-state index in [2.05, 4.69) is 352 Å². The van der Waals surface area contributed by atoms with Crippen LogP contribution in [0.3, 0.4) is 0 Å². The second kappa shape index (κ2) is 23.9. The Bertz CT molecular complexity index is 7300. The summed E-state index contributed by atoms with van der Waals surface area (Å²) in [4.78, 5) is 23.6. The molecule has 0 radical (unpaired) electrons. The topological polar surface area (TPSA) is 51.6 Å². The van der Waals surface area contributed by atoms with Crippen LogP contribution in [0.4, 0.5) is 0 Å². The molecule has 0 N–H and O–H groups in total. The van der Waals surface area contributed by atoms with E-state index in [-0.39, 0.29) is 23.7 Å². The lowest BCUT2D eigenvalue weighted by atomic mass is 9.78. The summed E-state index contributed by atoms with van der Waals surface area (Å²) in [7, 11) is 0. The fourth-order valence-corrected chi connectivity index (χ4v) is 20.5. The van der Waals surface area contributed by atoms with Gasteiger partial charge < -0.3 is 0 Å². The summed E-state index contributed by atoms with van der Waals surface area (Å²) in [5.41, 5.74) is 35.6. The van der Waals surface area contributed by atoms with Crippen LogP contribution < -0.4 is 0 Å². The molecule has 4 aliphatic carbocycles. The minimum absolute atomic E-state index is 0.0836. The molecule has 4 heteroatoms. The van der Waals surface area contributed by atoms with Gasteiger partial charge in [-0.25, -0.2) is 19.9 Å². The van der Waals surface area contributed by atoms with E-state index in [1.165, 1.54) is 143 Å². The molecule has 4 aliphatic rings. The Balaban J connectivity index is 0.670. The molecule has 24 rings (SSSR count). The monoisotopic (exact) mass is 1390 g/mol. The van der Waals surface area contributed by atoms with E-state index < -0.39 is 0 Å². The maximum Gasteiger partial charge on any atom is 0.0791 e. The molecule has 510 valence electrons. The lowest BCUT2D eigenvalue weighted by Crippen LogP contribution is -2.11. The van der Waals surface area contributed by atoms with Crippen molar-refractivity contribution >= 4 is 86.7 Å². The molecule has 4 nitrogen and oxygen atoms in total. The van der Waals surface area contributed by atoms with Crippen molar-refractivity contribution in [2.75, 3.05) is 0 Å². The van der Waals surface area contributed by atoms with Crippen LogP contribution in [0.2, 0.25) is 0 Å². The van der Waals surface area contributed by atoms with Crippen molar-refractivity contribution in [2.24, 2.45) is 0 Å². The van der Waals surface area contributed by atoms with E-state index in [0.29, 0.717) is 0 Å². The summed E-state index contributed by atoms with van der Waals surface area (Å²) in [5, 5.41) is 14.5. The van der Waals surface area contributed by atoms with Crippen molar-refractivity contribution in [1.82, 2.24) is 19.9 Å². The van der Waals surface area contributed by atoms with Gasteiger partial charge in [0.25, 0.3) is 0 Å². The van der Waals surface area contributed by atoms with Crippen LogP contribution in [0.15, 0.2) is 352 Å². The molecule has 4 aromatic heterocycles. The molecule has 20 aromatic rings. The molecule has 4 heterocycles. The molecular formula is C106H66N4. The highest BCUT2D eigenvalue weighted by Gasteiger charge is 2.50. The highest BCUT2D eigenvalue weighted by Crippen LogP contribution is 2.66. The Morgan fingerprint density at radius 3 is 0.982 bits per heavy atom.